The van der Waals surface area contributed by atoms with Gasteiger partial charge in [0, 0.05) is 35.4 Å². The second kappa shape index (κ2) is 8.96. The zero-order valence-electron chi connectivity index (χ0n) is 17.3. The Bertz CT molecular complexity index is 1050. The monoisotopic (exact) mass is 424 g/mol. The van der Waals surface area contributed by atoms with E-state index in [1.165, 1.54) is 11.1 Å². The first-order valence-corrected chi connectivity index (χ1v) is 10.6. The van der Waals surface area contributed by atoms with Crippen molar-refractivity contribution in [1.29, 1.82) is 0 Å². The molecule has 156 valence electrons. The van der Waals surface area contributed by atoms with Gasteiger partial charge in [0.15, 0.2) is 0 Å². The lowest BCUT2D eigenvalue weighted by molar-refractivity contribution is -0.131. The summed E-state index contributed by atoms with van der Waals surface area (Å²) in [5.41, 5.74) is 5.73. The van der Waals surface area contributed by atoms with Crippen molar-refractivity contribution in [3.63, 3.8) is 0 Å². The molecule has 2 aromatic heterocycles. The van der Waals surface area contributed by atoms with Crippen LogP contribution in [-0.4, -0.2) is 39.2 Å². The van der Waals surface area contributed by atoms with Crippen molar-refractivity contribution in [3.8, 4) is 0 Å². The molecule has 1 atom stereocenters. The molecule has 3 heterocycles. The Morgan fingerprint density at radius 1 is 1.20 bits per heavy atom. The predicted molar refractivity (Wildman–Crippen MR) is 115 cm³/mol. The minimum atomic E-state index is 0.0605. The Morgan fingerprint density at radius 2 is 2.07 bits per heavy atom. The summed E-state index contributed by atoms with van der Waals surface area (Å²) in [5.74, 6) is 0.294. The van der Waals surface area contributed by atoms with Crippen molar-refractivity contribution in [3.05, 3.63) is 75.3 Å². The lowest BCUT2D eigenvalue weighted by Crippen LogP contribution is -2.40. The van der Waals surface area contributed by atoms with Gasteiger partial charge >= 0.3 is 0 Å². The van der Waals surface area contributed by atoms with Gasteiger partial charge in [-0.1, -0.05) is 34.0 Å². The molecule has 1 fully saturated rings. The van der Waals surface area contributed by atoms with Crippen LogP contribution < -0.4 is 0 Å². The highest BCUT2D eigenvalue weighted by atomic mass is 35.5. The first-order chi connectivity index (χ1) is 14.5. The van der Waals surface area contributed by atoms with Crippen LogP contribution in [0.4, 0.5) is 0 Å². The molecule has 0 spiro atoms. The van der Waals surface area contributed by atoms with Gasteiger partial charge in [-0.3, -0.25) is 9.78 Å². The fourth-order valence-electron chi connectivity index (χ4n) is 4.07. The SMILES string of the molecule is Cc1cc(Cc2cccc(Cl)c2)cc([C@@H]2CCCN(C(=O)Cc3nonc3C)C2)n1. The molecule has 1 saturated heterocycles. The summed E-state index contributed by atoms with van der Waals surface area (Å²) < 4.78 is 4.72. The van der Waals surface area contributed by atoms with Gasteiger partial charge in [0.2, 0.25) is 5.91 Å². The van der Waals surface area contributed by atoms with Crippen molar-refractivity contribution in [2.75, 3.05) is 13.1 Å². The summed E-state index contributed by atoms with van der Waals surface area (Å²) in [6.07, 6.45) is 3.03. The fourth-order valence-corrected chi connectivity index (χ4v) is 4.28. The zero-order chi connectivity index (χ0) is 21.1. The topological polar surface area (TPSA) is 72.1 Å². The lowest BCUT2D eigenvalue weighted by atomic mass is 9.92. The molecule has 0 bridgehead atoms. The van der Waals surface area contributed by atoms with Crippen LogP contribution in [0, 0.1) is 13.8 Å². The van der Waals surface area contributed by atoms with Crippen LogP contribution in [0.5, 0.6) is 0 Å². The normalized spacial score (nSPS) is 16.6. The smallest absolute Gasteiger partial charge is 0.228 e. The Morgan fingerprint density at radius 3 is 2.83 bits per heavy atom. The molecule has 0 unspecified atom stereocenters. The number of halogens is 1. The van der Waals surface area contributed by atoms with Gasteiger partial charge in [0.05, 0.1) is 6.42 Å². The van der Waals surface area contributed by atoms with Crippen molar-refractivity contribution in [1.82, 2.24) is 20.2 Å². The molecule has 0 N–H and O–H groups in total. The molecular formula is C23H25ClN4O2. The summed E-state index contributed by atoms with van der Waals surface area (Å²) >= 11 is 6.14. The second-order valence-electron chi connectivity index (χ2n) is 8.00. The van der Waals surface area contributed by atoms with Crippen LogP contribution in [0.1, 0.15) is 52.7 Å². The Kier molecular flexibility index (Phi) is 6.13. The van der Waals surface area contributed by atoms with Crippen molar-refractivity contribution < 1.29 is 9.42 Å². The standard InChI is InChI=1S/C23H25ClN4O2/c1-15-9-18(10-17-5-3-7-20(24)11-17)12-22(25-15)19-6-4-8-28(14-19)23(29)13-21-16(2)26-30-27-21/h3,5,7,9,11-12,19H,4,6,8,10,13-14H2,1-2H3/t19-/m1/s1. The van der Waals surface area contributed by atoms with E-state index in [0.717, 1.165) is 42.2 Å². The molecule has 7 heteroatoms. The van der Waals surface area contributed by atoms with Crippen LogP contribution in [0.2, 0.25) is 5.02 Å². The van der Waals surface area contributed by atoms with Gasteiger partial charge in [-0.05, 0) is 68.5 Å². The number of rotatable bonds is 5. The molecule has 30 heavy (non-hydrogen) atoms. The summed E-state index contributed by atoms with van der Waals surface area (Å²) in [7, 11) is 0. The van der Waals surface area contributed by atoms with E-state index < -0.39 is 0 Å². The number of amides is 1. The highest BCUT2D eigenvalue weighted by molar-refractivity contribution is 6.30. The van der Waals surface area contributed by atoms with Gasteiger partial charge in [-0.2, -0.15) is 0 Å². The molecule has 4 rings (SSSR count). The van der Waals surface area contributed by atoms with Crippen LogP contribution in [0.3, 0.4) is 0 Å². The minimum Gasteiger partial charge on any atom is -0.342 e. The number of benzene rings is 1. The molecular weight excluding hydrogens is 400 g/mol. The van der Waals surface area contributed by atoms with Crippen molar-refractivity contribution in [2.45, 2.75) is 45.4 Å². The number of pyridine rings is 1. The molecule has 0 saturated carbocycles. The largest absolute Gasteiger partial charge is 0.342 e. The average molecular weight is 425 g/mol. The van der Waals surface area contributed by atoms with E-state index in [0.29, 0.717) is 17.9 Å². The minimum absolute atomic E-state index is 0.0605. The third-order valence-corrected chi connectivity index (χ3v) is 5.82. The van der Waals surface area contributed by atoms with E-state index in [1.807, 2.05) is 30.0 Å². The number of nitrogens with zero attached hydrogens (tertiary/aromatic N) is 4. The number of hydrogen-bond donors (Lipinski definition) is 0. The number of carbonyl (C=O) groups excluding carboxylic acids is 1. The molecule has 0 radical (unpaired) electrons. The predicted octanol–water partition coefficient (Wildman–Crippen LogP) is 4.27. The summed E-state index contributed by atoms with van der Waals surface area (Å²) in [6, 6.07) is 12.2. The maximum Gasteiger partial charge on any atom is 0.228 e. The fraction of sp³-hybridized carbons (Fsp3) is 0.391. The number of aromatic nitrogens is 3. The van der Waals surface area contributed by atoms with Gasteiger partial charge in [-0.25, -0.2) is 4.63 Å². The number of likely N-dealkylation sites (tertiary alicyclic amines) is 1. The number of piperidine rings is 1. The third-order valence-electron chi connectivity index (χ3n) is 5.59. The number of hydrogen-bond acceptors (Lipinski definition) is 5. The van der Waals surface area contributed by atoms with Crippen molar-refractivity contribution >= 4 is 17.5 Å². The van der Waals surface area contributed by atoms with Gasteiger partial charge in [-0.15, -0.1) is 0 Å². The Labute approximate surface area is 181 Å². The summed E-state index contributed by atoms with van der Waals surface area (Å²) in [6.45, 7) is 5.27. The molecule has 1 amide bonds. The van der Waals surface area contributed by atoms with Gasteiger partial charge < -0.3 is 4.90 Å². The third kappa shape index (κ3) is 4.87. The molecule has 0 aliphatic carbocycles. The van der Waals surface area contributed by atoms with E-state index in [1.54, 1.807) is 6.92 Å². The van der Waals surface area contributed by atoms with Crippen molar-refractivity contribution in [2.24, 2.45) is 0 Å². The average Bonchev–Trinajstić information content (AvgIpc) is 3.12. The van der Waals surface area contributed by atoms with Crippen LogP contribution in [0.15, 0.2) is 41.0 Å². The number of aryl methyl sites for hydroxylation is 2. The maximum atomic E-state index is 12.8. The molecule has 1 aliphatic heterocycles. The highest BCUT2D eigenvalue weighted by Gasteiger charge is 2.27. The molecule has 1 aliphatic rings. The lowest BCUT2D eigenvalue weighted by Gasteiger charge is -2.32. The highest BCUT2D eigenvalue weighted by Crippen LogP contribution is 2.28. The van der Waals surface area contributed by atoms with E-state index in [4.69, 9.17) is 21.2 Å². The van der Waals surface area contributed by atoms with Gasteiger partial charge in [0.25, 0.3) is 0 Å². The Balaban J connectivity index is 1.48. The van der Waals surface area contributed by atoms with Gasteiger partial charge in [0.1, 0.15) is 11.4 Å². The first kappa shape index (κ1) is 20.5. The van der Waals surface area contributed by atoms with Crippen LogP contribution in [-0.2, 0) is 17.6 Å². The number of carbonyl (C=O) groups is 1. The summed E-state index contributed by atoms with van der Waals surface area (Å²) in [5, 5.41) is 8.35. The quantitative estimate of drug-likeness (QED) is 0.611. The zero-order valence-corrected chi connectivity index (χ0v) is 18.0. The first-order valence-electron chi connectivity index (χ1n) is 10.3. The van der Waals surface area contributed by atoms with Crippen LogP contribution >= 0.6 is 11.6 Å². The maximum absolute atomic E-state index is 12.8. The van der Waals surface area contributed by atoms with E-state index >= 15 is 0 Å². The van der Waals surface area contributed by atoms with E-state index in [9.17, 15) is 4.79 Å². The molecule has 1 aromatic carbocycles. The van der Waals surface area contributed by atoms with E-state index in [-0.39, 0.29) is 18.2 Å². The summed E-state index contributed by atoms with van der Waals surface area (Å²) in [4.78, 5) is 19.5. The van der Waals surface area contributed by atoms with E-state index in [2.05, 4.69) is 28.5 Å². The molecule has 6 nitrogen and oxygen atoms in total. The Hall–Kier alpha value is -2.73. The molecule has 3 aromatic rings. The van der Waals surface area contributed by atoms with Crippen LogP contribution in [0.25, 0.3) is 0 Å². The second-order valence-corrected chi connectivity index (χ2v) is 8.44.